The van der Waals surface area contributed by atoms with E-state index in [1.54, 1.807) is 12.1 Å². The van der Waals surface area contributed by atoms with E-state index in [4.69, 9.17) is 0 Å². The second-order valence-electron chi connectivity index (χ2n) is 6.00. The lowest BCUT2D eigenvalue weighted by molar-refractivity contribution is -0.384. The number of nitro benzene ring substituents is 1. The van der Waals surface area contributed by atoms with Crippen molar-refractivity contribution in [1.29, 1.82) is 0 Å². The fourth-order valence-electron chi connectivity index (χ4n) is 3.79. The van der Waals surface area contributed by atoms with Crippen LogP contribution in [0.2, 0.25) is 0 Å². The highest BCUT2D eigenvalue weighted by atomic mass is 79.9. The van der Waals surface area contributed by atoms with Gasteiger partial charge in [0.15, 0.2) is 0 Å². The molecule has 2 aromatic rings. The molecule has 1 heterocycles. The number of para-hydroxylation sites is 1. The summed E-state index contributed by atoms with van der Waals surface area (Å²) in [5, 5.41) is 14.9. The molecule has 0 saturated carbocycles. The number of nitrogens with one attached hydrogen (secondary N) is 1. The van der Waals surface area contributed by atoms with Gasteiger partial charge in [0.05, 0.1) is 11.0 Å². The molecule has 2 aliphatic rings. The minimum Gasteiger partial charge on any atom is -0.372 e. The third kappa shape index (κ3) is 2.27. The van der Waals surface area contributed by atoms with Crippen LogP contribution in [0.1, 0.15) is 29.5 Å². The molecule has 116 valence electrons. The van der Waals surface area contributed by atoms with Crippen molar-refractivity contribution in [3.8, 4) is 0 Å². The Balaban J connectivity index is 1.87. The molecule has 23 heavy (non-hydrogen) atoms. The number of nitrogens with zero attached hydrogens (tertiary/aromatic N) is 1. The van der Waals surface area contributed by atoms with Crippen LogP contribution in [0, 0.1) is 16.0 Å². The van der Waals surface area contributed by atoms with Gasteiger partial charge in [0, 0.05) is 16.5 Å². The summed E-state index contributed by atoms with van der Waals surface area (Å²) in [5.74, 6) is 0.603. The lowest BCUT2D eigenvalue weighted by atomic mass is 9.77. The molecular weight excluding hydrogens is 356 g/mol. The Morgan fingerprint density at radius 3 is 2.70 bits per heavy atom. The maximum Gasteiger partial charge on any atom is 0.292 e. The predicted molar refractivity (Wildman–Crippen MR) is 93.6 cm³/mol. The lowest BCUT2D eigenvalue weighted by Crippen LogP contribution is -2.29. The predicted octanol–water partition coefficient (Wildman–Crippen LogP) is 5.18. The van der Waals surface area contributed by atoms with Crippen LogP contribution in [0.25, 0.3) is 0 Å². The van der Waals surface area contributed by atoms with Crippen molar-refractivity contribution in [2.45, 2.75) is 18.4 Å². The van der Waals surface area contributed by atoms with E-state index in [1.807, 2.05) is 24.3 Å². The van der Waals surface area contributed by atoms with Crippen LogP contribution in [0.15, 0.2) is 59.1 Å². The van der Waals surface area contributed by atoms with E-state index in [9.17, 15) is 10.1 Å². The average molecular weight is 371 g/mol. The quantitative estimate of drug-likeness (QED) is 0.449. The van der Waals surface area contributed by atoms with E-state index in [-0.39, 0.29) is 22.6 Å². The van der Waals surface area contributed by atoms with Crippen LogP contribution in [-0.4, -0.2) is 4.92 Å². The third-order valence-electron chi connectivity index (χ3n) is 4.81. The van der Waals surface area contributed by atoms with E-state index in [2.05, 4.69) is 39.5 Å². The van der Waals surface area contributed by atoms with Gasteiger partial charge in [-0.25, -0.2) is 0 Å². The van der Waals surface area contributed by atoms with E-state index >= 15 is 0 Å². The largest absolute Gasteiger partial charge is 0.372 e. The van der Waals surface area contributed by atoms with Crippen LogP contribution >= 0.6 is 15.9 Å². The van der Waals surface area contributed by atoms with Crippen LogP contribution in [0.3, 0.4) is 0 Å². The Kier molecular flexibility index (Phi) is 3.45. The molecule has 0 amide bonds. The summed E-state index contributed by atoms with van der Waals surface area (Å²) >= 11 is 3.62. The molecule has 0 spiro atoms. The molecule has 0 bridgehead atoms. The second kappa shape index (κ2) is 5.49. The van der Waals surface area contributed by atoms with Crippen LogP contribution in [-0.2, 0) is 0 Å². The zero-order valence-corrected chi connectivity index (χ0v) is 13.9. The number of fused-ring (bicyclic) bond motifs is 3. The average Bonchev–Trinajstić information content (AvgIpc) is 3.04. The zero-order chi connectivity index (χ0) is 16.0. The van der Waals surface area contributed by atoms with Crippen LogP contribution < -0.4 is 5.32 Å². The zero-order valence-electron chi connectivity index (χ0n) is 12.3. The van der Waals surface area contributed by atoms with Crippen molar-refractivity contribution < 1.29 is 4.92 Å². The van der Waals surface area contributed by atoms with Crippen molar-refractivity contribution >= 4 is 27.3 Å². The van der Waals surface area contributed by atoms with E-state index in [0.29, 0.717) is 11.6 Å². The van der Waals surface area contributed by atoms with Crippen molar-refractivity contribution in [3.63, 3.8) is 0 Å². The molecule has 2 aromatic carbocycles. The number of hydrogen-bond acceptors (Lipinski definition) is 3. The number of rotatable bonds is 2. The lowest BCUT2D eigenvalue weighted by Gasteiger charge is -2.37. The number of benzene rings is 2. The molecule has 3 atom stereocenters. The Morgan fingerprint density at radius 2 is 1.91 bits per heavy atom. The van der Waals surface area contributed by atoms with Gasteiger partial charge < -0.3 is 5.32 Å². The normalized spacial score (nSPS) is 24.7. The highest BCUT2D eigenvalue weighted by Gasteiger charge is 2.40. The summed E-state index contributed by atoms with van der Waals surface area (Å²) in [5.41, 5.74) is 2.99. The number of nitro groups is 1. The number of hydrogen-bond donors (Lipinski definition) is 1. The number of allylic oxidation sites excluding steroid dienone is 2. The molecule has 0 fully saturated rings. The Bertz CT molecular complexity index is 818. The first-order valence-corrected chi connectivity index (χ1v) is 8.41. The molecule has 1 aliphatic carbocycles. The molecule has 0 radical (unpaired) electrons. The highest BCUT2D eigenvalue weighted by Crippen LogP contribution is 2.52. The molecule has 1 N–H and O–H groups in total. The van der Waals surface area contributed by atoms with Crippen LogP contribution in [0.5, 0.6) is 0 Å². The van der Waals surface area contributed by atoms with Crippen molar-refractivity contribution in [2.24, 2.45) is 5.92 Å². The van der Waals surface area contributed by atoms with Crippen molar-refractivity contribution in [1.82, 2.24) is 0 Å². The van der Waals surface area contributed by atoms with Gasteiger partial charge >= 0.3 is 0 Å². The molecular formula is C18H15BrN2O2. The standard InChI is InChI=1S/C18H15BrN2O2/c19-15-9-2-1-5-14(15)17-12-7-3-6-11(12)13-8-4-10-16(21(22)23)18(13)20-17/h1-6,8-12,17,20H,7H2/t11-,12-,17+/m0/s1. The van der Waals surface area contributed by atoms with Crippen LogP contribution in [0.4, 0.5) is 11.4 Å². The fourth-order valence-corrected chi connectivity index (χ4v) is 4.32. The van der Waals surface area contributed by atoms with Gasteiger partial charge in [-0.3, -0.25) is 10.1 Å². The van der Waals surface area contributed by atoms with E-state index < -0.39 is 0 Å². The fraction of sp³-hybridized carbons (Fsp3) is 0.222. The monoisotopic (exact) mass is 370 g/mol. The summed E-state index contributed by atoms with van der Waals surface area (Å²) in [6.07, 6.45) is 5.36. The molecule has 1 aliphatic heterocycles. The molecule has 0 saturated heterocycles. The minimum absolute atomic E-state index is 0.0548. The van der Waals surface area contributed by atoms with Gasteiger partial charge in [-0.15, -0.1) is 0 Å². The van der Waals surface area contributed by atoms with Crippen molar-refractivity contribution in [2.75, 3.05) is 5.32 Å². The van der Waals surface area contributed by atoms with Gasteiger partial charge in [0.25, 0.3) is 5.69 Å². The SMILES string of the molecule is O=[N+]([O-])c1cccc2c1N[C@@H](c1ccccc1Br)[C@H]1CC=C[C@H]21. The Hall–Kier alpha value is -2.14. The van der Waals surface area contributed by atoms with Gasteiger partial charge in [0.1, 0.15) is 5.69 Å². The second-order valence-corrected chi connectivity index (χ2v) is 6.85. The summed E-state index contributed by atoms with van der Waals surface area (Å²) in [7, 11) is 0. The summed E-state index contributed by atoms with van der Waals surface area (Å²) in [6, 6.07) is 13.5. The summed E-state index contributed by atoms with van der Waals surface area (Å²) in [4.78, 5) is 11.1. The summed E-state index contributed by atoms with van der Waals surface area (Å²) in [6.45, 7) is 0. The van der Waals surface area contributed by atoms with E-state index in [0.717, 1.165) is 22.0 Å². The minimum atomic E-state index is -0.304. The van der Waals surface area contributed by atoms with Gasteiger partial charge in [-0.1, -0.05) is 58.4 Å². The first-order valence-electron chi connectivity index (χ1n) is 7.61. The Morgan fingerprint density at radius 1 is 1.13 bits per heavy atom. The third-order valence-corrected chi connectivity index (χ3v) is 5.53. The maximum atomic E-state index is 11.4. The molecule has 0 aromatic heterocycles. The number of halogens is 1. The first kappa shape index (κ1) is 14.5. The molecule has 5 heteroatoms. The topological polar surface area (TPSA) is 55.2 Å². The highest BCUT2D eigenvalue weighted by molar-refractivity contribution is 9.10. The van der Waals surface area contributed by atoms with Crippen molar-refractivity contribution in [3.05, 3.63) is 80.3 Å². The van der Waals surface area contributed by atoms with Gasteiger partial charge in [0.2, 0.25) is 0 Å². The van der Waals surface area contributed by atoms with Gasteiger partial charge in [-0.05, 0) is 29.5 Å². The maximum absolute atomic E-state index is 11.4. The summed E-state index contributed by atoms with van der Waals surface area (Å²) < 4.78 is 1.03. The first-order chi connectivity index (χ1) is 11.2. The Labute approximate surface area is 142 Å². The molecule has 0 unspecified atom stereocenters. The van der Waals surface area contributed by atoms with E-state index in [1.165, 1.54) is 0 Å². The molecule has 4 rings (SSSR count). The molecule has 4 nitrogen and oxygen atoms in total. The number of anilines is 1. The smallest absolute Gasteiger partial charge is 0.292 e. The van der Waals surface area contributed by atoms with Gasteiger partial charge in [-0.2, -0.15) is 0 Å².